The second kappa shape index (κ2) is 5.08. The quantitative estimate of drug-likeness (QED) is 0.797. The highest BCUT2D eigenvalue weighted by atomic mass is 19.2. The third-order valence-electron chi connectivity index (χ3n) is 2.61. The minimum atomic E-state index is -0.812. The average molecular weight is 236 g/mol. The predicted octanol–water partition coefficient (Wildman–Crippen LogP) is 3.16. The molecule has 1 aromatic heterocycles. The van der Waals surface area contributed by atoms with Gasteiger partial charge in [0.2, 0.25) is 0 Å². The summed E-state index contributed by atoms with van der Waals surface area (Å²) in [4.78, 5) is 4.24. The van der Waals surface area contributed by atoms with Crippen LogP contribution in [0, 0.1) is 11.6 Å². The number of hydrogen-bond acceptors (Lipinski definition) is 1. The molecule has 0 atom stereocenters. The van der Waals surface area contributed by atoms with Crippen molar-refractivity contribution in [2.24, 2.45) is 0 Å². The third-order valence-corrected chi connectivity index (χ3v) is 2.61. The van der Waals surface area contributed by atoms with E-state index in [1.807, 2.05) is 10.8 Å². The summed E-state index contributed by atoms with van der Waals surface area (Å²) in [5.74, 6) is -0.648. The Balaban J connectivity index is 2.19. The van der Waals surface area contributed by atoms with Crippen molar-refractivity contribution in [3.8, 4) is 0 Å². The molecule has 90 valence electrons. The topological polar surface area (TPSA) is 17.8 Å². The van der Waals surface area contributed by atoms with Crippen LogP contribution in [0.5, 0.6) is 0 Å². The summed E-state index contributed by atoms with van der Waals surface area (Å²) in [5, 5.41) is 0. The van der Waals surface area contributed by atoms with Crippen LogP contribution in [0.3, 0.4) is 0 Å². The molecule has 0 spiro atoms. The summed E-state index contributed by atoms with van der Waals surface area (Å²) in [6.07, 6.45) is 5.47. The molecule has 0 aliphatic carbocycles. The summed E-state index contributed by atoms with van der Waals surface area (Å²) in [6.45, 7) is 2.60. The molecule has 1 aromatic carbocycles. The van der Waals surface area contributed by atoms with Gasteiger partial charge in [-0.2, -0.15) is 0 Å². The van der Waals surface area contributed by atoms with Gasteiger partial charge >= 0.3 is 0 Å². The number of hydrogen-bond donors (Lipinski definition) is 0. The number of halogens is 2. The van der Waals surface area contributed by atoms with Crippen molar-refractivity contribution in [3.63, 3.8) is 0 Å². The fourth-order valence-corrected chi connectivity index (χ4v) is 1.77. The van der Waals surface area contributed by atoms with Gasteiger partial charge in [0.15, 0.2) is 11.6 Å². The van der Waals surface area contributed by atoms with Gasteiger partial charge in [-0.3, -0.25) is 0 Å². The van der Waals surface area contributed by atoms with Crippen molar-refractivity contribution >= 4 is 0 Å². The predicted molar refractivity (Wildman–Crippen MR) is 61.7 cm³/mol. The molecule has 0 N–H and O–H groups in total. The lowest BCUT2D eigenvalue weighted by Gasteiger charge is -2.07. The normalized spacial score (nSPS) is 10.8. The van der Waals surface area contributed by atoms with E-state index in [4.69, 9.17) is 0 Å². The van der Waals surface area contributed by atoms with Crippen LogP contribution >= 0.6 is 0 Å². The molecule has 0 unspecified atom stereocenters. The highest BCUT2D eigenvalue weighted by Gasteiger charge is 2.05. The van der Waals surface area contributed by atoms with E-state index in [0.717, 1.165) is 30.3 Å². The number of benzene rings is 1. The molecule has 4 heteroatoms. The first-order chi connectivity index (χ1) is 8.20. The van der Waals surface area contributed by atoms with Gasteiger partial charge in [-0.25, -0.2) is 13.8 Å². The second-order valence-corrected chi connectivity index (χ2v) is 3.97. The van der Waals surface area contributed by atoms with E-state index in [2.05, 4.69) is 11.9 Å². The zero-order chi connectivity index (χ0) is 12.3. The minimum absolute atomic E-state index is 0.520. The SMILES string of the molecule is CCCc1nccn1Cc1ccc(F)c(F)c1. The van der Waals surface area contributed by atoms with Crippen LogP contribution in [-0.4, -0.2) is 9.55 Å². The fourth-order valence-electron chi connectivity index (χ4n) is 1.77. The number of aromatic nitrogens is 2. The molecule has 2 aromatic rings. The maximum Gasteiger partial charge on any atom is 0.159 e. The van der Waals surface area contributed by atoms with Crippen molar-refractivity contribution in [2.75, 3.05) is 0 Å². The van der Waals surface area contributed by atoms with E-state index in [1.165, 1.54) is 6.07 Å². The zero-order valence-electron chi connectivity index (χ0n) is 9.66. The van der Waals surface area contributed by atoms with E-state index in [1.54, 1.807) is 12.3 Å². The zero-order valence-corrected chi connectivity index (χ0v) is 9.66. The van der Waals surface area contributed by atoms with Gasteiger partial charge in [0.25, 0.3) is 0 Å². The molecule has 0 bridgehead atoms. The average Bonchev–Trinajstić information content (AvgIpc) is 2.72. The number of aryl methyl sites for hydroxylation is 1. The molecule has 0 aliphatic rings. The van der Waals surface area contributed by atoms with Crippen LogP contribution < -0.4 is 0 Å². The van der Waals surface area contributed by atoms with Crippen LogP contribution in [0.15, 0.2) is 30.6 Å². The van der Waals surface area contributed by atoms with Gasteiger partial charge in [0.05, 0.1) is 0 Å². The van der Waals surface area contributed by atoms with Crippen LogP contribution in [-0.2, 0) is 13.0 Å². The Bertz CT molecular complexity index is 506. The van der Waals surface area contributed by atoms with Gasteiger partial charge in [-0.05, 0) is 24.1 Å². The standard InChI is InChI=1S/C13H14F2N2/c1-2-3-13-16-6-7-17(13)9-10-4-5-11(14)12(15)8-10/h4-8H,2-3,9H2,1H3. The monoisotopic (exact) mass is 236 g/mol. The Kier molecular flexibility index (Phi) is 3.52. The number of rotatable bonds is 4. The van der Waals surface area contributed by atoms with Crippen molar-refractivity contribution in [3.05, 3.63) is 53.6 Å². The van der Waals surface area contributed by atoms with Crippen molar-refractivity contribution in [1.29, 1.82) is 0 Å². The summed E-state index contributed by atoms with van der Waals surface area (Å²) >= 11 is 0. The van der Waals surface area contributed by atoms with E-state index >= 15 is 0 Å². The van der Waals surface area contributed by atoms with Crippen molar-refractivity contribution in [2.45, 2.75) is 26.3 Å². The van der Waals surface area contributed by atoms with Gasteiger partial charge in [0.1, 0.15) is 5.82 Å². The maximum atomic E-state index is 13.1. The van der Waals surface area contributed by atoms with Gasteiger partial charge in [0, 0.05) is 25.4 Å². The molecule has 0 amide bonds. The number of nitrogens with zero attached hydrogens (tertiary/aromatic N) is 2. The Labute approximate surface area is 98.9 Å². The lowest BCUT2D eigenvalue weighted by Crippen LogP contribution is -2.04. The van der Waals surface area contributed by atoms with E-state index in [0.29, 0.717) is 6.54 Å². The summed E-state index contributed by atoms with van der Waals surface area (Å²) < 4.78 is 27.8. The van der Waals surface area contributed by atoms with Crippen molar-refractivity contribution < 1.29 is 8.78 Å². The number of imidazole rings is 1. The minimum Gasteiger partial charge on any atom is -0.331 e. The lowest BCUT2D eigenvalue weighted by atomic mass is 10.2. The molecular weight excluding hydrogens is 222 g/mol. The van der Waals surface area contributed by atoms with E-state index in [9.17, 15) is 8.78 Å². The smallest absolute Gasteiger partial charge is 0.159 e. The van der Waals surface area contributed by atoms with Crippen LogP contribution in [0.4, 0.5) is 8.78 Å². The Morgan fingerprint density at radius 1 is 1.24 bits per heavy atom. The van der Waals surface area contributed by atoms with Gasteiger partial charge in [-0.15, -0.1) is 0 Å². The highest BCUT2D eigenvalue weighted by molar-refractivity contribution is 5.18. The van der Waals surface area contributed by atoms with Crippen LogP contribution in [0.2, 0.25) is 0 Å². The summed E-state index contributed by atoms with van der Waals surface area (Å²) in [6, 6.07) is 3.97. The largest absolute Gasteiger partial charge is 0.331 e. The highest BCUT2D eigenvalue weighted by Crippen LogP contribution is 2.11. The molecular formula is C13H14F2N2. The fraction of sp³-hybridized carbons (Fsp3) is 0.308. The Morgan fingerprint density at radius 2 is 2.06 bits per heavy atom. The first-order valence-electron chi connectivity index (χ1n) is 5.64. The Morgan fingerprint density at radius 3 is 2.76 bits per heavy atom. The molecule has 2 nitrogen and oxygen atoms in total. The molecule has 2 rings (SSSR count). The van der Waals surface area contributed by atoms with E-state index in [-0.39, 0.29) is 0 Å². The Hall–Kier alpha value is -1.71. The maximum absolute atomic E-state index is 13.1. The molecule has 0 radical (unpaired) electrons. The van der Waals surface area contributed by atoms with Crippen LogP contribution in [0.1, 0.15) is 24.7 Å². The molecule has 0 fully saturated rings. The third kappa shape index (κ3) is 2.70. The van der Waals surface area contributed by atoms with Crippen molar-refractivity contribution in [1.82, 2.24) is 9.55 Å². The molecule has 1 heterocycles. The second-order valence-electron chi connectivity index (χ2n) is 3.97. The first kappa shape index (κ1) is 11.8. The molecule has 0 aliphatic heterocycles. The molecule has 0 saturated heterocycles. The van der Waals surface area contributed by atoms with E-state index < -0.39 is 11.6 Å². The van der Waals surface area contributed by atoms with Gasteiger partial charge < -0.3 is 4.57 Å². The summed E-state index contributed by atoms with van der Waals surface area (Å²) in [5.41, 5.74) is 0.735. The first-order valence-corrected chi connectivity index (χ1v) is 5.64. The summed E-state index contributed by atoms with van der Waals surface area (Å²) in [7, 11) is 0. The molecule has 0 saturated carbocycles. The van der Waals surface area contributed by atoms with Gasteiger partial charge in [-0.1, -0.05) is 13.0 Å². The van der Waals surface area contributed by atoms with Crippen LogP contribution in [0.25, 0.3) is 0 Å². The molecule has 17 heavy (non-hydrogen) atoms. The lowest BCUT2D eigenvalue weighted by molar-refractivity contribution is 0.506.